The molecule has 1 aliphatic carbocycles. The second kappa shape index (κ2) is 5.82. The molecule has 1 aliphatic rings. The Bertz CT molecular complexity index is 449. The van der Waals surface area contributed by atoms with Crippen LogP contribution in [0, 0.1) is 0 Å². The highest BCUT2D eigenvalue weighted by Gasteiger charge is 2.22. The zero-order valence-corrected chi connectivity index (χ0v) is 10.2. The van der Waals surface area contributed by atoms with Gasteiger partial charge in [-0.3, -0.25) is 4.79 Å². The quantitative estimate of drug-likeness (QED) is 0.768. The Morgan fingerprint density at radius 3 is 2.78 bits per heavy atom. The fourth-order valence-corrected chi connectivity index (χ4v) is 2.25. The van der Waals surface area contributed by atoms with Gasteiger partial charge in [-0.15, -0.1) is 0 Å². The summed E-state index contributed by atoms with van der Waals surface area (Å²) in [5.74, 6) is -0.235. The zero-order valence-electron chi connectivity index (χ0n) is 10.2. The number of rotatable bonds is 2. The number of nitrogens with two attached hydrogens (primary N) is 1. The molecule has 2 atom stereocenters. The van der Waals surface area contributed by atoms with Crippen LogP contribution in [0.5, 0.6) is 0 Å². The van der Waals surface area contributed by atoms with Crippen molar-refractivity contribution in [2.45, 2.75) is 44.2 Å². The van der Waals surface area contributed by atoms with Crippen molar-refractivity contribution in [2.24, 2.45) is 5.73 Å². The molecule has 1 aromatic rings. The van der Waals surface area contributed by atoms with Gasteiger partial charge < -0.3 is 15.5 Å². The van der Waals surface area contributed by atoms with Gasteiger partial charge in [0.1, 0.15) is 6.26 Å². The Balaban J connectivity index is 2.01. The van der Waals surface area contributed by atoms with Crippen molar-refractivity contribution in [1.82, 2.24) is 5.32 Å². The molecule has 1 saturated carbocycles. The highest BCUT2D eigenvalue weighted by atomic mass is 16.4. The Hall–Kier alpha value is -1.62. The van der Waals surface area contributed by atoms with Crippen molar-refractivity contribution >= 4 is 5.91 Å². The topological polar surface area (TPSA) is 85.3 Å². The molecular weight excluding hydrogens is 232 g/mol. The predicted molar refractivity (Wildman–Crippen MR) is 67.3 cm³/mol. The Kier molecular flexibility index (Phi) is 4.15. The van der Waals surface area contributed by atoms with Gasteiger partial charge in [0.05, 0.1) is 5.56 Å². The molecule has 1 heterocycles. The molecule has 98 valence electrons. The van der Waals surface area contributed by atoms with E-state index in [0.717, 1.165) is 25.7 Å². The van der Waals surface area contributed by atoms with Crippen LogP contribution >= 0.6 is 0 Å². The highest BCUT2D eigenvalue weighted by Crippen LogP contribution is 2.17. The van der Waals surface area contributed by atoms with Gasteiger partial charge in [0, 0.05) is 18.2 Å². The van der Waals surface area contributed by atoms with E-state index in [1.54, 1.807) is 0 Å². The van der Waals surface area contributed by atoms with Crippen LogP contribution in [-0.4, -0.2) is 18.0 Å². The Morgan fingerprint density at radius 1 is 1.28 bits per heavy atom. The second-order valence-corrected chi connectivity index (χ2v) is 4.73. The van der Waals surface area contributed by atoms with Gasteiger partial charge in [0.2, 0.25) is 0 Å². The lowest BCUT2D eigenvalue weighted by Gasteiger charge is -2.22. The first-order valence-electron chi connectivity index (χ1n) is 6.32. The third-order valence-corrected chi connectivity index (χ3v) is 3.35. The van der Waals surface area contributed by atoms with Crippen molar-refractivity contribution in [1.29, 1.82) is 0 Å². The van der Waals surface area contributed by atoms with Crippen LogP contribution in [0.25, 0.3) is 0 Å². The Labute approximate surface area is 105 Å². The van der Waals surface area contributed by atoms with Crippen molar-refractivity contribution < 1.29 is 9.21 Å². The molecule has 0 aromatic carbocycles. The third-order valence-electron chi connectivity index (χ3n) is 3.35. The van der Waals surface area contributed by atoms with Gasteiger partial charge >= 0.3 is 5.63 Å². The average Bonchev–Trinajstić information content (AvgIpc) is 2.56. The summed E-state index contributed by atoms with van der Waals surface area (Å²) in [5.41, 5.74) is 5.93. The monoisotopic (exact) mass is 250 g/mol. The van der Waals surface area contributed by atoms with Crippen molar-refractivity contribution in [3.8, 4) is 0 Å². The summed E-state index contributed by atoms with van der Waals surface area (Å²) in [5, 5.41) is 2.92. The number of hydrogen-bond acceptors (Lipinski definition) is 4. The minimum atomic E-state index is -0.460. The smallest absolute Gasteiger partial charge is 0.335 e. The third kappa shape index (κ3) is 3.20. The summed E-state index contributed by atoms with van der Waals surface area (Å²) in [7, 11) is 0. The van der Waals surface area contributed by atoms with Gasteiger partial charge in [-0.2, -0.15) is 0 Å². The first-order valence-corrected chi connectivity index (χ1v) is 6.32. The normalized spacial score (nSPS) is 24.3. The van der Waals surface area contributed by atoms with Crippen LogP contribution in [0.1, 0.15) is 42.5 Å². The van der Waals surface area contributed by atoms with Gasteiger partial charge in [0.25, 0.3) is 5.91 Å². The minimum absolute atomic E-state index is 0.00641. The molecule has 1 fully saturated rings. The molecule has 0 saturated heterocycles. The molecule has 0 bridgehead atoms. The van der Waals surface area contributed by atoms with Crippen molar-refractivity contribution in [2.75, 3.05) is 0 Å². The number of amides is 1. The van der Waals surface area contributed by atoms with E-state index in [9.17, 15) is 9.59 Å². The maximum atomic E-state index is 12.0. The molecule has 5 nitrogen and oxygen atoms in total. The van der Waals surface area contributed by atoms with Crippen LogP contribution in [0.2, 0.25) is 0 Å². The van der Waals surface area contributed by atoms with E-state index in [0.29, 0.717) is 5.56 Å². The molecule has 5 heteroatoms. The molecule has 3 N–H and O–H groups in total. The SMILES string of the molecule is NC1CCCCCC1NC(=O)c1ccc(=O)oc1. The lowest BCUT2D eigenvalue weighted by atomic mass is 10.0. The van der Waals surface area contributed by atoms with E-state index in [1.165, 1.54) is 24.8 Å². The van der Waals surface area contributed by atoms with Gasteiger partial charge in [-0.05, 0) is 18.9 Å². The number of hydrogen-bond donors (Lipinski definition) is 2. The molecule has 1 amide bonds. The van der Waals surface area contributed by atoms with E-state index >= 15 is 0 Å². The Morgan fingerprint density at radius 2 is 2.06 bits per heavy atom. The van der Waals surface area contributed by atoms with Crippen LogP contribution in [0.15, 0.2) is 27.6 Å². The number of carbonyl (C=O) groups is 1. The van der Waals surface area contributed by atoms with Crippen LogP contribution in [0.4, 0.5) is 0 Å². The summed E-state index contributed by atoms with van der Waals surface area (Å²) in [6.07, 6.45) is 6.40. The molecule has 18 heavy (non-hydrogen) atoms. The fraction of sp³-hybridized carbons (Fsp3) is 0.538. The standard InChI is InChI=1S/C13H18N2O3/c14-10-4-2-1-3-5-11(10)15-13(17)9-6-7-12(16)18-8-9/h6-8,10-11H,1-5,14H2,(H,15,17). The van der Waals surface area contributed by atoms with E-state index in [1.807, 2.05) is 0 Å². The first-order chi connectivity index (χ1) is 8.66. The molecule has 1 aromatic heterocycles. The van der Waals surface area contributed by atoms with Crippen LogP contribution < -0.4 is 16.7 Å². The van der Waals surface area contributed by atoms with Gasteiger partial charge in [0.15, 0.2) is 0 Å². The van der Waals surface area contributed by atoms with Crippen molar-refractivity contribution in [3.05, 3.63) is 34.4 Å². The molecule has 0 aliphatic heterocycles. The second-order valence-electron chi connectivity index (χ2n) is 4.73. The van der Waals surface area contributed by atoms with Gasteiger partial charge in [-0.25, -0.2) is 4.79 Å². The molecule has 2 unspecified atom stereocenters. The lowest BCUT2D eigenvalue weighted by Crippen LogP contribution is -2.46. The van der Waals surface area contributed by atoms with Crippen LogP contribution in [0.3, 0.4) is 0 Å². The molecule has 2 rings (SSSR count). The molecule has 0 spiro atoms. The summed E-state index contributed by atoms with van der Waals surface area (Å²) in [4.78, 5) is 22.8. The van der Waals surface area contributed by atoms with E-state index in [-0.39, 0.29) is 18.0 Å². The van der Waals surface area contributed by atoms with Gasteiger partial charge in [-0.1, -0.05) is 19.3 Å². The fourth-order valence-electron chi connectivity index (χ4n) is 2.25. The maximum Gasteiger partial charge on any atom is 0.335 e. The predicted octanol–water partition coefficient (Wildman–Crippen LogP) is 1.03. The maximum absolute atomic E-state index is 12.0. The average molecular weight is 250 g/mol. The van der Waals surface area contributed by atoms with E-state index in [2.05, 4.69) is 9.73 Å². The molecule has 0 radical (unpaired) electrons. The summed E-state index contributed by atoms with van der Waals surface area (Å²) in [6, 6.07) is 2.71. The lowest BCUT2D eigenvalue weighted by molar-refractivity contribution is 0.0926. The number of carbonyl (C=O) groups excluding carboxylic acids is 1. The molecular formula is C13H18N2O3. The summed E-state index contributed by atoms with van der Waals surface area (Å²) >= 11 is 0. The highest BCUT2D eigenvalue weighted by molar-refractivity contribution is 5.93. The summed E-state index contributed by atoms with van der Waals surface area (Å²) < 4.78 is 4.67. The first kappa shape index (κ1) is 12.8. The minimum Gasteiger partial charge on any atom is -0.430 e. The van der Waals surface area contributed by atoms with E-state index < -0.39 is 5.63 Å². The van der Waals surface area contributed by atoms with Crippen molar-refractivity contribution in [3.63, 3.8) is 0 Å². The number of nitrogens with one attached hydrogen (secondary N) is 1. The largest absolute Gasteiger partial charge is 0.430 e. The van der Waals surface area contributed by atoms with Crippen LogP contribution in [-0.2, 0) is 0 Å². The zero-order chi connectivity index (χ0) is 13.0. The summed E-state index contributed by atoms with van der Waals surface area (Å²) in [6.45, 7) is 0. The van der Waals surface area contributed by atoms with E-state index in [4.69, 9.17) is 5.73 Å².